The van der Waals surface area contributed by atoms with Gasteiger partial charge >= 0.3 is 0 Å². The first-order valence-electron chi connectivity index (χ1n) is 12.2. The average molecular weight is 479 g/mol. The molecule has 35 heavy (non-hydrogen) atoms. The third kappa shape index (κ3) is 4.60. The molecule has 6 rings (SSSR count). The number of ether oxygens (including phenoxy) is 2. The van der Waals surface area contributed by atoms with E-state index >= 15 is 0 Å². The third-order valence-corrected chi connectivity index (χ3v) is 6.93. The summed E-state index contributed by atoms with van der Waals surface area (Å²) in [5.74, 6) is 1.39. The van der Waals surface area contributed by atoms with Crippen LogP contribution in [0.4, 0.5) is 10.1 Å². The monoisotopic (exact) mass is 478 g/mol. The summed E-state index contributed by atoms with van der Waals surface area (Å²) < 4.78 is 31.2. The van der Waals surface area contributed by atoms with Crippen molar-refractivity contribution in [1.29, 1.82) is 0 Å². The van der Waals surface area contributed by atoms with E-state index in [1.807, 2.05) is 18.2 Å². The molecule has 1 unspecified atom stereocenters. The number of nitrogens with one attached hydrogen (secondary N) is 1. The number of fused-ring (bicyclic) bond motifs is 1. The molecule has 8 nitrogen and oxygen atoms in total. The lowest BCUT2D eigenvalue weighted by atomic mass is 9.98. The molecule has 3 heterocycles. The van der Waals surface area contributed by atoms with E-state index in [1.165, 1.54) is 12.1 Å². The molecule has 1 atom stereocenters. The largest absolute Gasteiger partial charge is 0.448 e. The van der Waals surface area contributed by atoms with E-state index in [9.17, 15) is 9.18 Å². The lowest BCUT2D eigenvalue weighted by Crippen LogP contribution is -2.39. The molecule has 1 spiro atoms. The summed E-state index contributed by atoms with van der Waals surface area (Å²) in [6, 6.07) is 11.7. The van der Waals surface area contributed by atoms with Crippen molar-refractivity contribution >= 4 is 11.6 Å². The molecule has 0 bridgehead atoms. The first-order chi connectivity index (χ1) is 17.1. The Balaban J connectivity index is 1.06. The van der Waals surface area contributed by atoms with Crippen molar-refractivity contribution in [2.75, 3.05) is 25.0 Å². The maximum absolute atomic E-state index is 13.5. The molecule has 1 aliphatic carbocycles. The van der Waals surface area contributed by atoms with Crippen LogP contribution in [0.2, 0.25) is 0 Å². The smallest absolute Gasteiger partial charge is 0.251 e. The van der Waals surface area contributed by atoms with Gasteiger partial charge in [-0.3, -0.25) is 9.69 Å². The fourth-order valence-corrected chi connectivity index (χ4v) is 5.24. The van der Waals surface area contributed by atoms with Gasteiger partial charge in [-0.25, -0.2) is 4.39 Å². The molecule has 2 aliphatic heterocycles. The minimum absolute atomic E-state index is 0.0273. The molecule has 3 aliphatic rings. The Morgan fingerprint density at radius 1 is 1.11 bits per heavy atom. The van der Waals surface area contributed by atoms with Crippen LogP contribution in [-0.2, 0) is 4.79 Å². The second-order valence-electron chi connectivity index (χ2n) is 9.57. The fourth-order valence-electron chi connectivity index (χ4n) is 5.24. The van der Waals surface area contributed by atoms with Gasteiger partial charge in [0.25, 0.3) is 5.79 Å². The van der Waals surface area contributed by atoms with Crippen LogP contribution in [0.25, 0.3) is 11.4 Å². The number of hydrogen-bond donors (Lipinski definition) is 1. The molecule has 3 aromatic rings. The molecular weight excluding hydrogens is 451 g/mol. The van der Waals surface area contributed by atoms with Crippen molar-refractivity contribution in [1.82, 2.24) is 15.0 Å². The number of piperidine rings is 1. The van der Waals surface area contributed by atoms with Crippen LogP contribution in [0.5, 0.6) is 11.5 Å². The lowest BCUT2D eigenvalue weighted by Gasteiger charge is -2.30. The van der Waals surface area contributed by atoms with Crippen LogP contribution in [-0.4, -0.2) is 46.4 Å². The lowest BCUT2D eigenvalue weighted by molar-refractivity contribution is -0.117. The molecule has 0 radical (unpaired) electrons. The molecule has 182 valence electrons. The van der Waals surface area contributed by atoms with Crippen molar-refractivity contribution in [3.8, 4) is 22.9 Å². The number of likely N-dealkylation sites (tertiary alicyclic amines) is 1. The van der Waals surface area contributed by atoms with E-state index in [2.05, 4.69) is 20.4 Å². The van der Waals surface area contributed by atoms with Gasteiger partial charge < -0.3 is 19.3 Å². The normalized spacial score (nSPS) is 20.9. The zero-order valence-electron chi connectivity index (χ0n) is 19.3. The number of rotatable bonds is 5. The summed E-state index contributed by atoms with van der Waals surface area (Å²) in [7, 11) is 0. The van der Waals surface area contributed by atoms with Crippen molar-refractivity contribution < 1.29 is 23.2 Å². The summed E-state index contributed by atoms with van der Waals surface area (Å²) in [6.07, 6.45) is 5.80. The van der Waals surface area contributed by atoms with E-state index < -0.39 is 5.79 Å². The minimum Gasteiger partial charge on any atom is -0.448 e. The number of halogens is 1. The van der Waals surface area contributed by atoms with Gasteiger partial charge in [-0.15, -0.1) is 0 Å². The summed E-state index contributed by atoms with van der Waals surface area (Å²) in [5, 5.41) is 7.01. The third-order valence-electron chi connectivity index (χ3n) is 6.93. The number of anilines is 1. The Kier molecular flexibility index (Phi) is 5.64. The van der Waals surface area contributed by atoms with Gasteiger partial charge in [0.15, 0.2) is 11.5 Å². The molecule has 1 saturated carbocycles. The Labute approximate surface area is 202 Å². The maximum Gasteiger partial charge on any atom is 0.251 e. The van der Waals surface area contributed by atoms with Gasteiger partial charge in [0, 0.05) is 36.7 Å². The number of carbonyl (C=O) groups excluding carboxylic acids is 1. The van der Waals surface area contributed by atoms with Crippen molar-refractivity contribution in [2.45, 2.75) is 50.2 Å². The number of benzene rings is 2. The minimum atomic E-state index is -0.517. The topological polar surface area (TPSA) is 89.7 Å². The van der Waals surface area contributed by atoms with Crippen LogP contribution in [0.3, 0.4) is 0 Å². The van der Waals surface area contributed by atoms with Crippen LogP contribution in [0.15, 0.2) is 47.0 Å². The molecule has 1 aromatic heterocycles. The van der Waals surface area contributed by atoms with E-state index in [1.54, 1.807) is 12.1 Å². The molecule has 2 fully saturated rings. The second kappa shape index (κ2) is 8.96. The molecule has 9 heteroatoms. The van der Waals surface area contributed by atoms with E-state index in [-0.39, 0.29) is 24.2 Å². The standard InChI is InChI=1S/C26H27FN4O4/c27-19-7-3-5-17(13-19)24-29-25(35-30-24)18-6-4-12-31(15-18)16-23(32)28-20-8-9-21-22(14-20)34-26(33-21)10-1-2-11-26/h3,5,7-9,13-14,18H,1-2,4,6,10-12,15-16H2,(H,28,32). The van der Waals surface area contributed by atoms with Crippen molar-refractivity contribution in [2.24, 2.45) is 0 Å². The van der Waals surface area contributed by atoms with Crippen molar-refractivity contribution in [3.05, 3.63) is 54.2 Å². The van der Waals surface area contributed by atoms with Crippen LogP contribution < -0.4 is 14.8 Å². The Morgan fingerprint density at radius 2 is 1.97 bits per heavy atom. The summed E-state index contributed by atoms with van der Waals surface area (Å²) in [6.45, 7) is 1.72. The Hall–Kier alpha value is -3.46. The second-order valence-corrected chi connectivity index (χ2v) is 9.57. The number of aromatic nitrogens is 2. The van der Waals surface area contributed by atoms with Gasteiger partial charge in [-0.1, -0.05) is 17.3 Å². The van der Waals surface area contributed by atoms with E-state index in [0.29, 0.717) is 35.3 Å². The number of hydrogen-bond acceptors (Lipinski definition) is 7. The highest BCUT2D eigenvalue weighted by Crippen LogP contribution is 2.47. The molecule has 2 aromatic carbocycles. The number of carbonyl (C=O) groups is 1. The molecule has 1 saturated heterocycles. The number of amides is 1. The van der Waals surface area contributed by atoms with Crippen LogP contribution in [0.1, 0.15) is 50.3 Å². The molecule has 1 N–H and O–H groups in total. The average Bonchev–Trinajstić information content (AvgIpc) is 3.59. The highest BCUT2D eigenvalue weighted by molar-refractivity contribution is 5.92. The van der Waals surface area contributed by atoms with E-state index in [0.717, 1.165) is 50.8 Å². The fraction of sp³-hybridized carbons (Fsp3) is 0.423. The van der Waals surface area contributed by atoms with Crippen LogP contribution in [0, 0.1) is 5.82 Å². The zero-order valence-corrected chi connectivity index (χ0v) is 19.3. The van der Waals surface area contributed by atoms with Gasteiger partial charge in [0.05, 0.1) is 12.5 Å². The predicted octanol–water partition coefficient (Wildman–Crippen LogP) is 4.74. The Morgan fingerprint density at radius 3 is 2.83 bits per heavy atom. The predicted molar refractivity (Wildman–Crippen MR) is 126 cm³/mol. The summed E-state index contributed by atoms with van der Waals surface area (Å²) in [5.41, 5.74) is 1.27. The maximum atomic E-state index is 13.5. The SMILES string of the molecule is O=C(CN1CCCC(c2nc(-c3cccc(F)c3)no2)C1)Nc1ccc2c(c1)OC1(CCCC1)O2. The van der Waals surface area contributed by atoms with Crippen molar-refractivity contribution in [3.63, 3.8) is 0 Å². The van der Waals surface area contributed by atoms with Gasteiger partial charge in [-0.2, -0.15) is 4.98 Å². The van der Waals surface area contributed by atoms with Gasteiger partial charge in [0.2, 0.25) is 17.6 Å². The first kappa shape index (κ1) is 22.0. The first-order valence-corrected chi connectivity index (χ1v) is 12.2. The van der Waals surface area contributed by atoms with Gasteiger partial charge in [-0.05, 0) is 56.5 Å². The highest BCUT2D eigenvalue weighted by atomic mass is 19.1. The quantitative estimate of drug-likeness (QED) is 0.567. The van der Waals surface area contributed by atoms with E-state index in [4.69, 9.17) is 14.0 Å². The summed E-state index contributed by atoms with van der Waals surface area (Å²) in [4.78, 5) is 19.4. The zero-order chi connectivity index (χ0) is 23.8. The Bertz CT molecular complexity index is 1240. The molecule has 1 amide bonds. The summed E-state index contributed by atoms with van der Waals surface area (Å²) >= 11 is 0. The van der Waals surface area contributed by atoms with Gasteiger partial charge in [0.1, 0.15) is 5.82 Å². The highest BCUT2D eigenvalue weighted by Gasteiger charge is 2.44. The number of nitrogens with zero attached hydrogens (tertiary/aromatic N) is 3. The van der Waals surface area contributed by atoms with Crippen LogP contribution >= 0.6 is 0 Å². The molecular formula is C26H27FN4O4.